The van der Waals surface area contributed by atoms with Crippen LogP contribution in [0.4, 0.5) is 0 Å². The van der Waals surface area contributed by atoms with Crippen molar-refractivity contribution in [3.8, 4) is 0 Å². The van der Waals surface area contributed by atoms with Crippen molar-refractivity contribution in [1.29, 1.82) is 0 Å². The molecule has 66 valence electrons. The van der Waals surface area contributed by atoms with E-state index in [4.69, 9.17) is 14.6 Å². The second-order valence-electron chi connectivity index (χ2n) is 1.90. The molecule has 0 aromatic rings. The number of nitrogens with zero attached hydrogens (tertiary/aromatic N) is 1. The van der Waals surface area contributed by atoms with Gasteiger partial charge in [-0.15, -0.1) is 0 Å². The predicted molar refractivity (Wildman–Crippen MR) is 43.1 cm³/mol. The zero-order valence-corrected chi connectivity index (χ0v) is 6.66. The van der Waals surface area contributed by atoms with Crippen molar-refractivity contribution in [2.75, 3.05) is 39.6 Å². The Bertz CT molecular complexity index is 87.8. The van der Waals surface area contributed by atoms with Crippen molar-refractivity contribution >= 4 is 6.72 Å². The largest absolute Gasteiger partial charge is 0.394 e. The summed E-state index contributed by atoms with van der Waals surface area (Å²) in [6.07, 6.45) is 0. The van der Waals surface area contributed by atoms with E-state index in [2.05, 4.69) is 11.7 Å². The molecular weight excluding hydrogens is 146 g/mol. The Labute approximate surface area is 66.8 Å². The van der Waals surface area contributed by atoms with Crippen LogP contribution in [0.2, 0.25) is 0 Å². The summed E-state index contributed by atoms with van der Waals surface area (Å²) in [6.45, 7) is 6.05. The van der Waals surface area contributed by atoms with Gasteiger partial charge in [0.15, 0.2) is 0 Å². The van der Waals surface area contributed by atoms with E-state index >= 15 is 0 Å². The van der Waals surface area contributed by atoms with Crippen molar-refractivity contribution < 1.29 is 14.6 Å². The fourth-order valence-electron chi connectivity index (χ4n) is 0.516. The quantitative estimate of drug-likeness (QED) is 0.393. The van der Waals surface area contributed by atoms with E-state index in [-0.39, 0.29) is 6.61 Å². The highest BCUT2D eigenvalue weighted by Gasteiger charge is 1.87. The molecule has 0 radical (unpaired) electrons. The Kier molecular flexibility index (Phi) is 9.16. The Morgan fingerprint density at radius 3 is 2.27 bits per heavy atom. The Hall–Kier alpha value is -0.450. The number of aliphatic hydroxyl groups excluding tert-OH is 1. The molecule has 0 aliphatic carbocycles. The molecule has 0 heterocycles. The molecule has 0 aromatic heterocycles. The van der Waals surface area contributed by atoms with Gasteiger partial charge in [-0.05, 0) is 6.72 Å². The van der Waals surface area contributed by atoms with Gasteiger partial charge >= 0.3 is 0 Å². The lowest BCUT2D eigenvalue weighted by Gasteiger charge is -2.02. The van der Waals surface area contributed by atoms with Gasteiger partial charge in [0, 0.05) is 0 Å². The van der Waals surface area contributed by atoms with Gasteiger partial charge in [0.2, 0.25) is 0 Å². The van der Waals surface area contributed by atoms with Crippen molar-refractivity contribution in [3.05, 3.63) is 0 Å². The van der Waals surface area contributed by atoms with Gasteiger partial charge in [-0.2, -0.15) is 0 Å². The van der Waals surface area contributed by atoms with Crippen LogP contribution in [-0.4, -0.2) is 51.4 Å². The van der Waals surface area contributed by atoms with Gasteiger partial charge in [0.1, 0.15) is 0 Å². The molecule has 0 atom stereocenters. The Morgan fingerprint density at radius 2 is 1.73 bits per heavy atom. The first-order valence-electron chi connectivity index (χ1n) is 3.60. The van der Waals surface area contributed by atoms with E-state index in [0.717, 1.165) is 0 Å². The molecule has 0 spiro atoms. The molecular formula is C7H15NO3. The van der Waals surface area contributed by atoms with Crippen LogP contribution in [0.1, 0.15) is 0 Å². The summed E-state index contributed by atoms with van der Waals surface area (Å²) in [5, 5.41) is 8.32. The molecule has 0 amide bonds. The van der Waals surface area contributed by atoms with Crippen LogP contribution in [0.3, 0.4) is 0 Å². The molecule has 11 heavy (non-hydrogen) atoms. The number of rotatable bonds is 8. The van der Waals surface area contributed by atoms with Crippen LogP contribution >= 0.6 is 0 Å². The first-order valence-corrected chi connectivity index (χ1v) is 3.60. The molecule has 0 bridgehead atoms. The maximum atomic E-state index is 8.32. The summed E-state index contributed by atoms with van der Waals surface area (Å²) < 4.78 is 10.0. The summed E-state index contributed by atoms with van der Waals surface area (Å²) in [6, 6.07) is 0. The molecule has 0 rings (SSSR count). The lowest BCUT2D eigenvalue weighted by Crippen LogP contribution is -2.08. The standard InChI is InChI=1S/C7H15NO3/c1-8-2-4-10-6-7-11-5-3-9/h9H,1-7H2. The zero-order valence-electron chi connectivity index (χ0n) is 6.66. The van der Waals surface area contributed by atoms with E-state index in [9.17, 15) is 0 Å². The number of aliphatic hydroxyl groups is 1. The third-order valence-corrected chi connectivity index (χ3v) is 1.00. The molecule has 4 heteroatoms. The summed E-state index contributed by atoms with van der Waals surface area (Å²) >= 11 is 0. The maximum absolute atomic E-state index is 8.32. The molecule has 0 fully saturated rings. The van der Waals surface area contributed by atoms with E-state index in [0.29, 0.717) is 33.0 Å². The van der Waals surface area contributed by atoms with Crippen molar-refractivity contribution in [2.45, 2.75) is 0 Å². The lowest BCUT2D eigenvalue weighted by molar-refractivity contribution is 0.0355. The van der Waals surface area contributed by atoms with Gasteiger partial charge in [0.05, 0.1) is 39.6 Å². The maximum Gasteiger partial charge on any atom is 0.0701 e. The lowest BCUT2D eigenvalue weighted by atomic mass is 10.7. The molecule has 0 unspecified atom stereocenters. The summed E-state index contributed by atoms with van der Waals surface area (Å²) in [5.74, 6) is 0. The number of hydrogen-bond acceptors (Lipinski definition) is 4. The second-order valence-corrected chi connectivity index (χ2v) is 1.90. The second kappa shape index (κ2) is 9.55. The minimum atomic E-state index is 0.0637. The van der Waals surface area contributed by atoms with Crippen molar-refractivity contribution in [1.82, 2.24) is 0 Å². The molecule has 0 saturated heterocycles. The normalized spacial score (nSPS) is 9.91. The number of hydrogen-bond donors (Lipinski definition) is 1. The fraction of sp³-hybridized carbons (Fsp3) is 0.857. The highest BCUT2D eigenvalue weighted by Crippen LogP contribution is 1.78. The van der Waals surface area contributed by atoms with Crippen LogP contribution in [0.15, 0.2) is 4.99 Å². The highest BCUT2D eigenvalue weighted by atomic mass is 16.5. The first kappa shape index (κ1) is 10.6. The topological polar surface area (TPSA) is 51.0 Å². The minimum absolute atomic E-state index is 0.0637. The molecule has 0 aliphatic heterocycles. The van der Waals surface area contributed by atoms with E-state index < -0.39 is 0 Å². The average Bonchev–Trinajstić information content (AvgIpc) is 2.03. The highest BCUT2D eigenvalue weighted by molar-refractivity contribution is 5.22. The summed E-state index contributed by atoms with van der Waals surface area (Å²) in [4.78, 5) is 3.61. The first-order chi connectivity index (χ1) is 5.41. The zero-order chi connectivity index (χ0) is 8.36. The third kappa shape index (κ3) is 9.55. The van der Waals surface area contributed by atoms with Gasteiger partial charge in [-0.3, -0.25) is 4.99 Å². The summed E-state index contributed by atoms with van der Waals surface area (Å²) in [7, 11) is 0. The van der Waals surface area contributed by atoms with Gasteiger partial charge < -0.3 is 14.6 Å². The van der Waals surface area contributed by atoms with Crippen LogP contribution < -0.4 is 0 Å². The summed E-state index contributed by atoms with van der Waals surface area (Å²) in [5.41, 5.74) is 0. The smallest absolute Gasteiger partial charge is 0.0701 e. The Morgan fingerprint density at radius 1 is 1.09 bits per heavy atom. The SMILES string of the molecule is C=NCCOCCOCCO. The van der Waals surface area contributed by atoms with Crippen LogP contribution in [0.25, 0.3) is 0 Å². The van der Waals surface area contributed by atoms with Crippen molar-refractivity contribution in [2.24, 2.45) is 4.99 Å². The number of ether oxygens (including phenoxy) is 2. The predicted octanol–water partition coefficient (Wildman–Crippen LogP) is -0.288. The van der Waals surface area contributed by atoms with Crippen LogP contribution in [0.5, 0.6) is 0 Å². The molecule has 4 nitrogen and oxygen atoms in total. The average molecular weight is 161 g/mol. The molecule has 1 N–H and O–H groups in total. The van der Waals surface area contributed by atoms with E-state index in [1.807, 2.05) is 0 Å². The fourth-order valence-corrected chi connectivity index (χ4v) is 0.516. The Balaban J connectivity index is 2.74. The van der Waals surface area contributed by atoms with Crippen molar-refractivity contribution in [3.63, 3.8) is 0 Å². The van der Waals surface area contributed by atoms with E-state index in [1.165, 1.54) is 0 Å². The molecule has 0 aromatic carbocycles. The van der Waals surface area contributed by atoms with Gasteiger partial charge in [-0.25, -0.2) is 0 Å². The van der Waals surface area contributed by atoms with Gasteiger partial charge in [0.25, 0.3) is 0 Å². The van der Waals surface area contributed by atoms with Gasteiger partial charge in [-0.1, -0.05) is 0 Å². The van der Waals surface area contributed by atoms with Crippen LogP contribution in [-0.2, 0) is 9.47 Å². The van der Waals surface area contributed by atoms with Crippen LogP contribution in [0, 0.1) is 0 Å². The molecule has 0 aliphatic rings. The third-order valence-electron chi connectivity index (χ3n) is 1.00. The minimum Gasteiger partial charge on any atom is -0.394 e. The number of aliphatic imine (C=N–C) groups is 1. The molecule has 0 saturated carbocycles. The van der Waals surface area contributed by atoms with E-state index in [1.54, 1.807) is 0 Å². The monoisotopic (exact) mass is 161 g/mol.